The lowest BCUT2D eigenvalue weighted by Gasteiger charge is -2.08. The summed E-state index contributed by atoms with van der Waals surface area (Å²) in [6.07, 6.45) is 1.66. The van der Waals surface area contributed by atoms with Gasteiger partial charge in [0.2, 0.25) is 5.91 Å². The number of nitrogens with one attached hydrogen (secondary N) is 2. The van der Waals surface area contributed by atoms with Gasteiger partial charge in [0.05, 0.1) is 13.2 Å². The molecular weight excluding hydrogens is 168 g/mol. The molecule has 1 aliphatic heterocycles. The van der Waals surface area contributed by atoms with Crippen LogP contribution in [0.2, 0.25) is 0 Å². The van der Waals surface area contributed by atoms with Gasteiger partial charge in [-0.05, 0) is 18.9 Å². The van der Waals surface area contributed by atoms with Crippen LogP contribution in [0.1, 0.15) is 12.8 Å². The van der Waals surface area contributed by atoms with Crippen LogP contribution >= 0.6 is 0 Å². The number of hydrogen-bond donors (Lipinski definition) is 2. The quantitative estimate of drug-likeness (QED) is 0.582. The third-order valence-electron chi connectivity index (χ3n) is 2.27. The first-order chi connectivity index (χ1) is 6.33. The van der Waals surface area contributed by atoms with E-state index >= 15 is 0 Å². The highest BCUT2D eigenvalue weighted by atomic mass is 16.5. The molecule has 0 aromatic heterocycles. The van der Waals surface area contributed by atoms with Crippen molar-refractivity contribution in [3.05, 3.63) is 0 Å². The van der Waals surface area contributed by atoms with E-state index < -0.39 is 0 Å². The van der Waals surface area contributed by atoms with E-state index in [4.69, 9.17) is 4.74 Å². The second-order valence-corrected chi connectivity index (χ2v) is 3.36. The molecule has 1 aliphatic rings. The van der Waals surface area contributed by atoms with Gasteiger partial charge >= 0.3 is 0 Å². The zero-order valence-electron chi connectivity index (χ0n) is 8.14. The Balaban J connectivity index is 1.91. The average Bonchev–Trinajstić information content (AvgIpc) is 2.64. The van der Waals surface area contributed by atoms with Gasteiger partial charge < -0.3 is 15.4 Å². The summed E-state index contributed by atoms with van der Waals surface area (Å²) >= 11 is 0. The smallest absolute Gasteiger partial charge is 0.222 e. The van der Waals surface area contributed by atoms with Gasteiger partial charge in [-0.25, -0.2) is 0 Å². The Bertz CT molecular complexity index is 156. The summed E-state index contributed by atoms with van der Waals surface area (Å²) < 4.78 is 5.39. The molecule has 0 aromatic rings. The van der Waals surface area contributed by atoms with Crippen molar-refractivity contribution in [2.75, 3.05) is 33.4 Å². The molecule has 0 saturated carbocycles. The number of hydrogen-bond acceptors (Lipinski definition) is 3. The molecule has 4 heteroatoms. The number of amides is 1. The molecule has 1 heterocycles. The molecule has 76 valence electrons. The van der Waals surface area contributed by atoms with E-state index in [-0.39, 0.29) is 5.91 Å². The Morgan fingerprint density at radius 1 is 1.69 bits per heavy atom. The van der Waals surface area contributed by atoms with E-state index in [0.717, 1.165) is 19.7 Å². The Labute approximate surface area is 79.0 Å². The van der Waals surface area contributed by atoms with Crippen molar-refractivity contribution < 1.29 is 9.53 Å². The summed E-state index contributed by atoms with van der Waals surface area (Å²) in [4.78, 5) is 10.8. The van der Waals surface area contributed by atoms with Gasteiger partial charge in [0.25, 0.3) is 0 Å². The predicted molar refractivity (Wildman–Crippen MR) is 50.5 cm³/mol. The monoisotopic (exact) mass is 186 g/mol. The first-order valence-corrected chi connectivity index (χ1v) is 4.82. The topological polar surface area (TPSA) is 50.4 Å². The van der Waals surface area contributed by atoms with Gasteiger partial charge in [0, 0.05) is 20.0 Å². The highest BCUT2D eigenvalue weighted by molar-refractivity contribution is 5.75. The number of ether oxygens (including phenoxy) is 1. The van der Waals surface area contributed by atoms with Crippen LogP contribution in [0.15, 0.2) is 0 Å². The SMILES string of the molecule is CNC(=O)CCOCC1CCNC1. The minimum atomic E-state index is 0.0459. The van der Waals surface area contributed by atoms with Crippen LogP contribution in [0.25, 0.3) is 0 Å². The second kappa shape index (κ2) is 5.94. The molecule has 0 spiro atoms. The van der Waals surface area contributed by atoms with Crippen molar-refractivity contribution in [1.82, 2.24) is 10.6 Å². The van der Waals surface area contributed by atoms with Crippen molar-refractivity contribution in [2.45, 2.75) is 12.8 Å². The van der Waals surface area contributed by atoms with Gasteiger partial charge in [-0.15, -0.1) is 0 Å². The Hall–Kier alpha value is -0.610. The maximum atomic E-state index is 10.8. The Morgan fingerprint density at radius 3 is 3.15 bits per heavy atom. The predicted octanol–water partition coefficient (Wildman–Crippen LogP) is -0.251. The normalized spacial score (nSPS) is 21.8. The molecular formula is C9H18N2O2. The Morgan fingerprint density at radius 2 is 2.54 bits per heavy atom. The number of rotatable bonds is 5. The zero-order valence-corrected chi connectivity index (χ0v) is 8.14. The summed E-state index contributed by atoms with van der Waals surface area (Å²) in [7, 11) is 1.64. The third-order valence-corrected chi connectivity index (χ3v) is 2.27. The second-order valence-electron chi connectivity index (χ2n) is 3.36. The molecule has 1 rings (SSSR count). The fourth-order valence-electron chi connectivity index (χ4n) is 1.40. The lowest BCUT2D eigenvalue weighted by atomic mass is 10.1. The van der Waals surface area contributed by atoms with Crippen molar-refractivity contribution in [3.8, 4) is 0 Å². The van der Waals surface area contributed by atoms with E-state index in [0.29, 0.717) is 18.9 Å². The molecule has 4 nitrogen and oxygen atoms in total. The maximum absolute atomic E-state index is 10.8. The van der Waals surface area contributed by atoms with E-state index in [1.807, 2.05) is 0 Å². The molecule has 2 N–H and O–H groups in total. The van der Waals surface area contributed by atoms with Gasteiger partial charge in [-0.3, -0.25) is 4.79 Å². The molecule has 0 radical (unpaired) electrons. The summed E-state index contributed by atoms with van der Waals surface area (Å²) in [6, 6.07) is 0. The molecule has 13 heavy (non-hydrogen) atoms. The average molecular weight is 186 g/mol. The van der Waals surface area contributed by atoms with Crippen LogP contribution in [-0.2, 0) is 9.53 Å². The molecule has 1 amide bonds. The summed E-state index contributed by atoms with van der Waals surface area (Å²) in [5, 5.41) is 5.84. The lowest BCUT2D eigenvalue weighted by molar-refractivity contribution is -0.121. The van der Waals surface area contributed by atoms with E-state index in [2.05, 4.69) is 10.6 Å². The Kier molecular flexibility index (Phi) is 4.78. The van der Waals surface area contributed by atoms with Crippen molar-refractivity contribution in [2.24, 2.45) is 5.92 Å². The van der Waals surface area contributed by atoms with Crippen molar-refractivity contribution >= 4 is 5.91 Å². The molecule has 1 unspecified atom stereocenters. The van der Waals surface area contributed by atoms with Crippen molar-refractivity contribution in [1.29, 1.82) is 0 Å². The molecule has 1 atom stereocenters. The van der Waals surface area contributed by atoms with Gasteiger partial charge in [-0.2, -0.15) is 0 Å². The summed E-state index contributed by atoms with van der Waals surface area (Å²) in [5.41, 5.74) is 0. The molecule has 0 bridgehead atoms. The van der Waals surface area contributed by atoms with E-state index in [1.165, 1.54) is 6.42 Å². The minimum absolute atomic E-state index is 0.0459. The largest absolute Gasteiger partial charge is 0.381 e. The van der Waals surface area contributed by atoms with Gasteiger partial charge in [0.1, 0.15) is 0 Å². The third kappa shape index (κ3) is 4.24. The minimum Gasteiger partial charge on any atom is -0.381 e. The molecule has 0 aromatic carbocycles. The zero-order chi connectivity index (χ0) is 9.52. The summed E-state index contributed by atoms with van der Waals surface area (Å²) in [6.45, 7) is 3.48. The highest BCUT2D eigenvalue weighted by Crippen LogP contribution is 2.07. The van der Waals surface area contributed by atoms with Gasteiger partial charge in [0.15, 0.2) is 0 Å². The maximum Gasteiger partial charge on any atom is 0.222 e. The van der Waals surface area contributed by atoms with Gasteiger partial charge in [-0.1, -0.05) is 0 Å². The van der Waals surface area contributed by atoms with Crippen LogP contribution in [0.3, 0.4) is 0 Å². The molecule has 1 fully saturated rings. The number of carbonyl (C=O) groups is 1. The van der Waals surface area contributed by atoms with Crippen molar-refractivity contribution in [3.63, 3.8) is 0 Å². The first-order valence-electron chi connectivity index (χ1n) is 4.82. The van der Waals surface area contributed by atoms with Crippen LogP contribution < -0.4 is 10.6 Å². The van der Waals surface area contributed by atoms with Crippen LogP contribution in [-0.4, -0.2) is 39.3 Å². The lowest BCUT2D eigenvalue weighted by Crippen LogP contribution is -2.20. The first kappa shape index (κ1) is 10.5. The van der Waals surface area contributed by atoms with E-state index in [1.54, 1.807) is 7.05 Å². The fraction of sp³-hybridized carbons (Fsp3) is 0.889. The van der Waals surface area contributed by atoms with Crippen LogP contribution in [0, 0.1) is 5.92 Å². The van der Waals surface area contributed by atoms with E-state index in [9.17, 15) is 4.79 Å². The summed E-state index contributed by atoms with van der Waals surface area (Å²) in [5.74, 6) is 0.689. The number of carbonyl (C=O) groups excluding carboxylic acids is 1. The molecule has 1 saturated heterocycles. The standard InChI is InChI=1S/C9H18N2O2/c1-10-9(12)3-5-13-7-8-2-4-11-6-8/h8,11H,2-7H2,1H3,(H,10,12). The highest BCUT2D eigenvalue weighted by Gasteiger charge is 2.13. The van der Waals surface area contributed by atoms with Crippen LogP contribution in [0.4, 0.5) is 0 Å². The van der Waals surface area contributed by atoms with Crippen LogP contribution in [0.5, 0.6) is 0 Å². The molecule has 0 aliphatic carbocycles. The fourth-order valence-corrected chi connectivity index (χ4v) is 1.40.